The number of urea groups is 1. The number of aryl methyl sites for hydroxylation is 1. The minimum atomic E-state index is -0.539. The van der Waals surface area contributed by atoms with Crippen LogP contribution in [0.15, 0.2) is 24.3 Å². The lowest BCUT2D eigenvalue weighted by molar-refractivity contribution is -0.120. The summed E-state index contributed by atoms with van der Waals surface area (Å²) in [7, 11) is 0. The van der Waals surface area contributed by atoms with E-state index in [0.29, 0.717) is 0 Å². The third kappa shape index (κ3) is 1.46. The molecule has 1 aromatic carbocycles. The average molecular weight is 190 g/mol. The van der Waals surface area contributed by atoms with Crippen molar-refractivity contribution >= 4 is 11.9 Å². The van der Waals surface area contributed by atoms with Crippen LogP contribution in [0.4, 0.5) is 4.79 Å². The van der Waals surface area contributed by atoms with E-state index in [1.807, 2.05) is 31.2 Å². The van der Waals surface area contributed by atoms with E-state index in [9.17, 15) is 9.59 Å². The van der Waals surface area contributed by atoms with Gasteiger partial charge in [-0.05, 0) is 12.5 Å². The first kappa shape index (κ1) is 8.74. The standard InChI is InChI=1S/C10H10N2O2/c1-6-2-4-7(5-3-6)8-9(13)12-10(14)11-8/h2-5,8H,1H3,(H2,11,12,13,14)/t8-/m0/s1. The Morgan fingerprint density at radius 1 is 1.14 bits per heavy atom. The van der Waals surface area contributed by atoms with Crippen LogP contribution in [-0.4, -0.2) is 11.9 Å². The molecule has 0 spiro atoms. The van der Waals surface area contributed by atoms with Gasteiger partial charge in [-0.25, -0.2) is 4.79 Å². The monoisotopic (exact) mass is 190 g/mol. The van der Waals surface area contributed by atoms with Gasteiger partial charge in [0, 0.05) is 0 Å². The molecule has 4 nitrogen and oxygen atoms in total. The maximum absolute atomic E-state index is 11.3. The Bertz CT molecular complexity index is 384. The molecule has 0 unspecified atom stereocenters. The molecule has 2 rings (SSSR count). The zero-order valence-corrected chi connectivity index (χ0v) is 7.70. The molecule has 0 radical (unpaired) electrons. The van der Waals surface area contributed by atoms with Crippen molar-refractivity contribution in [3.63, 3.8) is 0 Å². The molecule has 1 saturated heterocycles. The third-order valence-corrected chi connectivity index (χ3v) is 2.19. The first-order chi connectivity index (χ1) is 6.66. The van der Waals surface area contributed by atoms with Gasteiger partial charge in [0.15, 0.2) is 0 Å². The van der Waals surface area contributed by atoms with Gasteiger partial charge in [0.1, 0.15) is 6.04 Å². The number of rotatable bonds is 1. The second-order valence-electron chi connectivity index (χ2n) is 3.31. The van der Waals surface area contributed by atoms with Gasteiger partial charge in [-0.3, -0.25) is 10.1 Å². The fourth-order valence-corrected chi connectivity index (χ4v) is 1.41. The number of benzene rings is 1. The summed E-state index contributed by atoms with van der Waals surface area (Å²) in [5.41, 5.74) is 1.93. The quantitative estimate of drug-likeness (QED) is 0.646. The SMILES string of the molecule is Cc1ccc([C@@H]2NC(=O)NC2=O)cc1. The summed E-state index contributed by atoms with van der Waals surface area (Å²) < 4.78 is 0. The van der Waals surface area contributed by atoms with Crippen LogP contribution in [0, 0.1) is 6.92 Å². The Morgan fingerprint density at radius 3 is 2.29 bits per heavy atom. The van der Waals surface area contributed by atoms with Gasteiger partial charge < -0.3 is 5.32 Å². The number of hydrogen-bond donors (Lipinski definition) is 2. The second-order valence-corrected chi connectivity index (χ2v) is 3.31. The van der Waals surface area contributed by atoms with E-state index in [4.69, 9.17) is 0 Å². The van der Waals surface area contributed by atoms with Crippen molar-refractivity contribution in [2.24, 2.45) is 0 Å². The predicted octanol–water partition coefficient (Wildman–Crippen LogP) is 0.876. The Morgan fingerprint density at radius 2 is 1.79 bits per heavy atom. The maximum Gasteiger partial charge on any atom is 0.322 e. The van der Waals surface area contributed by atoms with Crippen LogP contribution in [0.1, 0.15) is 17.2 Å². The molecule has 0 aliphatic carbocycles. The molecule has 1 aliphatic rings. The Kier molecular flexibility index (Phi) is 1.96. The fraction of sp³-hybridized carbons (Fsp3) is 0.200. The molecule has 0 saturated carbocycles. The van der Waals surface area contributed by atoms with Gasteiger partial charge in [-0.1, -0.05) is 29.8 Å². The first-order valence-electron chi connectivity index (χ1n) is 4.35. The normalized spacial score (nSPS) is 20.5. The highest BCUT2D eigenvalue weighted by molar-refractivity contribution is 6.04. The van der Waals surface area contributed by atoms with Crippen LogP contribution in [0.3, 0.4) is 0 Å². The van der Waals surface area contributed by atoms with Gasteiger partial charge in [-0.2, -0.15) is 0 Å². The summed E-state index contributed by atoms with van der Waals surface area (Å²) in [4.78, 5) is 22.1. The largest absolute Gasteiger partial charge is 0.322 e. The van der Waals surface area contributed by atoms with E-state index in [0.717, 1.165) is 11.1 Å². The Labute approximate surface area is 81.3 Å². The minimum absolute atomic E-state index is 0.293. The van der Waals surface area contributed by atoms with Crippen molar-refractivity contribution in [2.75, 3.05) is 0 Å². The summed E-state index contributed by atoms with van der Waals surface area (Å²) in [6.45, 7) is 1.97. The van der Waals surface area contributed by atoms with E-state index in [2.05, 4.69) is 10.6 Å². The smallest absolute Gasteiger partial charge is 0.322 e. The number of carbonyl (C=O) groups excluding carboxylic acids is 2. The van der Waals surface area contributed by atoms with Gasteiger partial charge in [0.25, 0.3) is 5.91 Å². The lowest BCUT2D eigenvalue weighted by Gasteiger charge is -2.06. The molecule has 1 aromatic rings. The third-order valence-electron chi connectivity index (χ3n) is 2.19. The molecule has 4 heteroatoms. The number of imide groups is 1. The van der Waals surface area contributed by atoms with E-state index >= 15 is 0 Å². The molecule has 14 heavy (non-hydrogen) atoms. The van der Waals surface area contributed by atoms with Crippen molar-refractivity contribution in [1.82, 2.24) is 10.6 Å². The van der Waals surface area contributed by atoms with Gasteiger partial charge >= 0.3 is 6.03 Å². The number of amides is 3. The zero-order chi connectivity index (χ0) is 10.1. The summed E-state index contributed by atoms with van der Waals surface area (Å²) in [5.74, 6) is -0.293. The number of hydrogen-bond acceptors (Lipinski definition) is 2. The van der Waals surface area contributed by atoms with Crippen LogP contribution in [0.2, 0.25) is 0 Å². The lowest BCUT2D eigenvalue weighted by atomic mass is 10.1. The summed E-state index contributed by atoms with van der Waals surface area (Å²) in [6, 6.07) is 6.53. The second kappa shape index (κ2) is 3.14. The van der Waals surface area contributed by atoms with Crippen LogP contribution in [-0.2, 0) is 4.79 Å². The van der Waals surface area contributed by atoms with Crippen LogP contribution in [0.5, 0.6) is 0 Å². The fourth-order valence-electron chi connectivity index (χ4n) is 1.41. The van der Waals surface area contributed by atoms with Crippen LogP contribution < -0.4 is 10.6 Å². The topological polar surface area (TPSA) is 58.2 Å². The molecular weight excluding hydrogens is 180 g/mol. The Hall–Kier alpha value is -1.84. The minimum Gasteiger partial charge on any atom is -0.322 e. The van der Waals surface area contributed by atoms with Crippen molar-refractivity contribution in [3.05, 3.63) is 35.4 Å². The van der Waals surface area contributed by atoms with Gasteiger partial charge in [-0.15, -0.1) is 0 Å². The van der Waals surface area contributed by atoms with Crippen molar-refractivity contribution < 1.29 is 9.59 Å². The number of carbonyl (C=O) groups is 2. The highest BCUT2D eigenvalue weighted by Crippen LogP contribution is 2.16. The van der Waals surface area contributed by atoms with E-state index in [1.165, 1.54) is 0 Å². The average Bonchev–Trinajstić information content (AvgIpc) is 2.47. The van der Waals surface area contributed by atoms with Crippen molar-refractivity contribution in [2.45, 2.75) is 13.0 Å². The number of nitrogens with one attached hydrogen (secondary N) is 2. The molecule has 1 atom stereocenters. The maximum atomic E-state index is 11.3. The summed E-state index contributed by atoms with van der Waals surface area (Å²) >= 11 is 0. The van der Waals surface area contributed by atoms with E-state index in [-0.39, 0.29) is 5.91 Å². The molecule has 2 N–H and O–H groups in total. The first-order valence-corrected chi connectivity index (χ1v) is 4.35. The predicted molar refractivity (Wildman–Crippen MR) is 50.6 cm³/mol. The molecule has 3 amide bonds. The highest BCUT2D eigenvalue weighted by atomic mass is 16.2. The van der Waals surface area contributed by atoms with E-state index < -0.39 is 12.1 Å². The molecule has 1 fully saturated rings. The highest BCUT2D eigenvalue weighted by Gasteiger charge is 2.30. The summed E-state index contributed by atoms with van der Waals surface area (Å²) in [5, 5.41) is 4.73. The molecular formula is C10H10N2O2. The van der Waals surface area contributed by atoms with Crippen LogP contribution >= 0.6 is 0 Å². The molecule has 72 valence electrons. The Balaban J connectivity index is 2.27. The van der Waals surface area contributed by atoms with Gasteiger partial charge in [0.2, 0.25) is 0 Å². The zero-order valence-electron chi connectivity index (χ0n) is 7.70. The van der Waals surface area contributed by atoms with Gasteiger partial charge in [0.05, 0.1) is 0 Å². The summed E-state index contributed by atoms with van der Waals surface area (Å²) in [6.07, 6.45) is 0. The van der Waals surface area contributed by atoms with Crippen LogP contribution in [0.25, 0.3) is 0 Å². The van der Waals surface area contributed by atoms with Crippen molar-refractivity contribution in [3.8, 4) is 0 Å². The van der Waals surface area contributed by atoms with E-state index in [1.54, 1.807) is 0 Å². The van der Waals surface area contributed by atoms with Crippen molar-refractivity contribution in [1.29, 1.82) is 0 Å². The lowest BCUT2D eigenvalue weighted by Crippen LogP contribution is -2.22. The molecule has 1 heterocycles. The molecule has 1 aliphatic heterocycles. The molecule has 0 aromatic heterocycles. The molecule has 0 bridgehead atoms.